The molecule has 0 aromatic heterocycles. The number of hydrogen-bond donors (Lipinski definition) is 0. The molecular formula is C17H18N2O5S. The van der Waals surface area contributed by atoms with E-state index in [0.717, 1.165) is 4.31 Å². The first-order valence-corrected chi connectivity index (χ1v) is 9.07. The quantitative estimate of drug-likeness (QED) is 0.836. The second-order valence-electron chi connectivity index (χ2n) is 5.30. The molecule has 0 spiro atoms. The Morgan fingerprint density at radius 2 is 1.68 bits per heavy atom. The number of rotatable bonds is 4. The van der Waals surface area contributed by atoms with Crippen molar-refractivity contribution in [3.05, 3.63) is 42.5 Å². The Bertz CT molecular complexity index is 926. The van der Waals surface area contributed by atoms with Crippen molar-refractivity contribution in [2.24, 2.45) is 0 Å². The Labute approximate surface area is 146 Å². The van der Waals surface area contributed by atoms with E-state index in [1.54, 1.807) is 31.2 Å². The van der Waals surface area contributed by atoms with E-state index >= 15 is 0 Å². The molecule has 0 bridgehead atoms. The van der Waals surface area contributed by atoms with Crippen LogP contribution in [0.1, 0.15) is 6.92 Å². The topological polar surface area (TPSA) is 76.2 Å². The van der Waals surface area contributed by atoms with Gasteiger partial charge in [-0.2, -0.15) is 4.31 Å². The minimum Gasteiger partial charge on any atom is -0.493 e. The van der Waals surface area contributed by atoms with E-state index in [2.05, 4.69) is 0 Å². The standard InChI is InChI=1S/C17H18N2O5S/c1-4-18-13-7-5-6-8-16(13)25(21,22)19(17(18)20)12-9-10-14(23-2)15(11-12)24-3/h5-11H,4H2,1-3H3. The van der Waals surface area contributed by atoms with Gasteiger partial charge in [-0.05, 0) is 31.2 Å². The van der Waals surface area contributed by atoms with E-state index in [1.807, 2.05) is 0 Å². The highest BCUT2D eigenvalue weighted by molar-refractivity contribution is 7.94. The van der Waals surface area contributed by atoms with Gasteiger partial charge < -0.3 is 9.47 Å². The zero-order valence-corrected chi connectivity index (χ0v) is 14.9. The summed E-state index contributed by atoms with van der Waals surface area (Å²) in [5, 5.41) is 0. The maximum atomic E-state index is 13.0. The molecule has 1 aliphatic rings. The molecule has 1 heterocycles. The van der Waals surface area contributed by atoms with E-state index in [0.29, 0.717) is 23.7 Å². The van der Waals surface area contributed by atoms with Crippen molar-refractivity contribution >= 4 is 27.4 Å². The Hall–Kier alpha value is -2.74. The summed E-state index contributed by atoms with van der Waals surface area (Å²) in [7, 11) is -1.10. The Morgan fingerprint density at radius 1 is 1.00 bits per heavy atom. The lowest BCUT2D eigenvalue weighted by Crippen LogP contribution is -2.51. The number of methoxy groups -OCH3 is 2. The highest BCUT2D eigenvalue weighted by Crippen LogP contribution is 2.39. The number of ether oxygens (including phenoxy) is 2. The molecule has 2 aromatic carbocycles. The summed E-state index contributed by atoms with van der Waals surface area (Å²) < 4.78 is 37.3. The monoisotopic (exact) mass is 362 g/mol. The Balaban J connectivity index is 2.21. The molecule has 3 rings (SSSR count). The van der Waals surface area contributed by atoms with Crippen molar-refractivity contribution in [3.8, 4) is 11.5 Å². The van der Waals surface area contributed by atoms with Crippen LogP contribution in [0.2, 0.25) is 0 Å². The van der Waals surface area contributed by atoms with E-state index in [1.165, 1.54) is 37.3 Å². The highest BCUT2D eigenvalue weighted by Gasteiger charge is 2.42. The highest BCUT2D eigenvalue weighted by atomic mass is 32.2. The van der Waals surface area contributed by atoms with Crippen molar-refractivity contribution < 1.29 is 22.7 Å². The number of urea groups is 1. The van der Waals surface area contributed by atoms with Gasteiger partial charge in [0.15, 0.2) is 11.5 Å². The smallest absolute Gasteiger partial charge is 0.343 e. The molecule has 8 heteroatoms. The lowest BCUT2D eigenvalue weighted by Gasteiger charge is -2.35. The van der Waals surface area contributed by atoms with Gasteiger partial charge in [0.1, 0.15) is 4.90 Å². The third kappa shape index (κ3) is 2.58. The molecule has 25 heavy (non-hydrogen) atoms. The van der Waals surface area contributed by atoms with Gasteiger partial charge in [-0.25, -0.2) is 13.2 Å². The number of para-hydroxylation sites is 1. The second-order valence-corrected chi connectivity index (χ2v) is 7.06. The molecule has 132 valence electrons. The van der Waals surface area contributed by atoms with Crippen LogP contribution in [0.3, 0.4) is 0 Å². The minimum absolute atomic E-state index is 0.0891. The number of nitrogens with zero attached hydrogens (tertiary/aromatic N) is 2. The maximum Gasteiger partial charge on any atom is 0.343 e. The van der Waals surface area contributed by atoms with Crippen LogP contribution in [-0.4, -0.2) is 35.2 Å². The van der Waals surface area contributed by atoms with Gasteiger partial charge in [0.25, 0.3) is 10.0 Å². The first-order chi connectivity index (χ1) is 12.0. The first kappa shape index (κ1) is 17.1. The second kappa shape index (κ2) is 6.29. The zero-order chi connectivity index (χ0) is 18.2. The molecule has 1 aliphatic heterocycles. The zero-order valence-electron chi connectivity index (χ0n) is 14.1. The van der Waals surface area contributed by atoms with Gasteiger partial charge in [0, 0.05) is 12.6 Å². The van der Waals surface area contributed by atoms with Crippen molar-refractivity contribution in [2.45, 2.75) is 11.8 Å². The summed E-state index contributed by atoms with van der Waals surface area (Å²) in [6.07, 6.45) is 0. The van der Waals surface area contributed by atoms with Crippen molar-refractivity contribution in [3.63, 3.8) is 0 Å². The van der Waals surface area contributed by atoms with Crippen LogP contribution in [0.25, 0.3) is 0 Å². The summed E-state index contributed by atoms with van der Waals surface area (Å²) in [4.78, 5) is 14.4. The van der Waals surface area contributed by atoms with Crippen LogP contribution >= 0.6 is 0 Å². The predicted molar refractivity (Wildman–Crippen MR) is 94.1 cm³/mol. The average Bonchev–Trinajstić information content (AvgIpc) is 2.61. The lowest BCUT2D eigenvalue weighted by molar-refractivity contribution is 0.254. The maximum absolute atomic E-state index is 13.0. The van der Waals surface area contributed by atoms with E-state index < -0.39 is 16.1 Å². The molecule has 0 aliphatic carbocycles. The number of anilines is 2. The van der Waals surface area contributed by atoms with Gasteiger partial charge in [0.2, 0.25) is 0 Å². The molecule has 2 amide bonds. The van der Waals surface area contributed by atoms with Gasteiger partial charge in [-0.3, -0.25) is 4.90 Å². The molecule has 7 nitrogen and oxygen atoms in total. The van der Waals surface area contributed by atoms with Crippen LogP contribution in [0.4, 0.5) is 16.2 Å². The van der Waals surface area contributed by atoms with Crippen LogP contribution in [-0.2, 0) is 10.0 Å². The number of fused-ring (bicyclic) bond motifs is 1. The van der Waals surface area contributed by atoms with Crippen LogP contribution in [0.5, 0.6) is 11.5 Å². The van der Waals surface area contributed by atoms with E-state index in [-0.39, 0.29) is 10.6 Å². The predicted octanol–water partition coefficient (Wildman–Crippen LogP) is 2.86. The number of carbonyl (C=O) groups excluding carboxylic acids is 1. The third-order valence-electron chi connectivity index (χ3n) is 4.00. The average molecular weight is 362 g/mol. The number of amides is 2. The molecule has 0 fully saturated rings. The van der Waals surface area contributed by atoms with E-state index in [4.69, 9.17) is 9.47 Å². The molecule has 0 N–H and O–H groups in total. The first-order valence-electron chi connectivity index (χ1n) is 7.63. The Kier molecular flexibility index (Phi) is 4.30. The van der Waals surface area contributed by atoms with Crippen LogP contribution < -0.4 is 18.7 Å². The number of benzene rings is 2. The molecule has 0 saturated heterocycles. The molecule has 0 unspecified atom stereocenters. The number of carbonyl (C=O) groups is 1. The SMILES string of the molecule is CCN1C(=O)N(c2ccc(OC)c(OC)c2)S(=O)(=O)c2ccccc21. The normalized spacial score (nSPS) is 15.7. The molecular weight excluding hydrogens is 344 g/mol. The molecule has 0 radical (unpaired) electrons. The van der Waals surface area contributed by atoms with Gasteiger partial charge in [0.05, 0.1) is 25.6 Å². The summed E-state index contributed by atoms with van der Waals surface area (Å²) in [6, 6.07) is 10.4. The number of hydrogen-bond acceptors (Lipinski definition) is 5. The summed E-state index contributed by atoms with van der Waals surface area (Å²) >= 11 is 0. The summed E-state index contributed by atoms with van der Waals surface area (Å²) in [6.45, 7) is 2.13. The minimum atomic E-state index is -4.03. The Morgan fingerprint density at radius 3 is 2.32 bits per heavy atom. The molecule has 2 aromatic rings. The summed E-state index contributed by atoms with van der Waals surface area (Å²) in [5.41, 5.74) is 0.572. The van der Waals surface area contributed by atoms with Gasteiger partial charge >= 0.3 is 6.03 Å². The lowest BCUT2D eigenvalue weighted by atomic mass is 10.2. The fourth-order valence-electron chi connectivity index (χ4n) is 2.82. The van der Waals surface area contributed by atoms with Crippen molar-refractivity contribution in [1.29, 1.82) is 0 Å². The largest absolute Gasteiger partial charge is 0.493 e. The van der Waals surface area contributed by atoms with Crippen molar-refractivity contribution in [1.82, 2.24) is 0 Å². The third-order valence-corrected chi connectivity index (χ3v) is 5.75. The molecule has 0 saturated carbocycles. The number of sulfonamides is 1. The van der Waals surface area contributed by atoms with E-state index in [9.17, 15) is 13.2 Å². The van der Waals surface area contributed by atoms with Crippen molar-refractivity contribution in [2.75, 3.05) is 30.0 Å². The van der Waals surface area contributed by atoms with Gasteiger partial charge in [-0.15, -0.1) is 0 Å². The molecule has 0 atom stereocenters. The fourth-order valence-corrected chi connectivity index (χ4v) is 4.40. The van der Waals surface area contributed by atoms with Crippen LogP contribution in [0.15, 0.2) is 47.4 Å². The summed E-state index contributed by atoms with van der Waals surface area (Å²) in [5.74, 6) is 0.783. The fraction of sp³-hybridized carbons (Fsp3) is 0.235. The van der Waals surface area contributed by atoms with Crippen LogP contribution in [0, 0.1) is 0 Å². The van der Waals surface area contributed by atoms with Gasteiger partial charge in [-0.1, -0.05) is 12.1 Å².